The number of pyridine rings is 5. The lowest BCUT2D eigenvalue weighted by molar-refractivity contribution is 0.111. The summed E-state index contributed by atoms with van der Waals surface area (Å²) in [6.45, 7) is -0.222. The Bertz CT molecular complexity index is 2300. The van der Waals surface area contributed by atoms with E-state index in [0.29, 0.717) is 51.9 Å². The van der Waals surface area contributed by atoms with E-state index in [4.69, 9.17) is 0 Å². The van der Waals surface area contributed by atoms with Crippen molar-refractivity contribution >= 4 is 52.1 Å². The van der Waals surface area contributed by atoms with Crippen molar-refractivity contribution in [2.45, 2.75) is 13.1 Å². The smallest absolute Gasteiger partial charge is 0.252 e. The zero-order chi connectivity index (χ0) is 29.5. The first kappa shape index (κ1) is 26.3. The van der Waals surface area contributed by atoms with E-state index in [9.17, 15) is 28.8 Å². The molecule has 0 bridgehead atoms. The van der Waals surface area contributed by atoms with Gasteiger partial charge in [-0.15, -0.1) is 0 Å². The molecule has 0 aliphatic rings. The SMILES string of the molecule is Cn1c(=O)cc(Cn2c(=O)cc(Cn3c(=O)ccc4ncc(C=O)nc43)c3ccc(C=O)nc32)c2ncc(C=O)cc21. The van der Waals surface area contributed by atoms with E-state index in [1.54, 1.807) is 13.1 Å². The fourth-order valence-electron chi connectivity index (χ4n) is 4.88. The molecule has 6 heterocycles. The van der Waals surface area contributed by atoms with Crippen LogP contribution in [0.3, 0.4) is 0 Å². The van der Waals surface area contributed by atoms with Gasteiger partial charge in [0.05, 0.1) is 30.3 Å². The average molecular weight is 562 g/mol. The Labute approximate surface area is 234 Å². The van der Waals surface area contributed by atoms with Crippen molar-refractivity contribution in [1.29, 1.82) is 0 Å². The van der Waals surface area contributed by atoms with Gasteiger partial charge in [-0.2, -0.15) is 0 Å². The molecule has 6 rings (SSSR count). The average Bonchev–Trinajstić information content (AvgIpc) is 3.01. The van der Waals surface area contributed by atoms with Crippen molar-refractivity contribution in [2.24, 2.45) is 7.05 Å². The second-order valence-corrected chi connectivity index (χ2v) is 9.52. The van der Waals surface area contributed by atoms with Gasteiger partial charge in [0.1, 0.15) is 22.6 Å². The number of fused-ring (bicyclic) bond motifs is 3. The molecule has 6 aromatic heterocycles. The largest absolute Gasteiger partial charge is 0.310 e. The van der Waals surface area contributed by atoms with Crippen LogP contribution in [0.25, 0.3) is 33.2 Å². The van der Waals surface area contributed by atoms with Gasteiger partial charge in [0.15, 0.2) is 24.5 Å². The van der Waals surface area contributed by atoms with Crippen molar-refractivity contribution in [1.82, 2.24) is 33.6 Å². The molecule has 206 valence electrons. The highest BCUT2D eigenvalue weighted by atomic mass is 16.1. The number of aryl methyl sites for hydroxylation is 1. The van der Waals surface area contributed by atoms with Crippen molar-refractivity contribution in [3.63, 3.8) is 0 Å². The Morgan fingerprint density at radius 3 is 2.17 bits per heavy atom. The summed E-state index contributed by atoms with van der Waals surface area (Å²) in [7, 11) is 1.55. The lowest BCUT2D eigenvalue weighted by Gasteiger charge is -2.16. The van der Waals surface area contributed by atoms with E-state index in [2.05, 4.69) is 19.9 Å². The van der Waals surface area contributed by atoms with Crippen LogP contribution < -0.4 is 16.7 Å². The first-order valence-corrected chi connectivity index (χ1v) is 12.6. The van der Waals surface area contributed by atoms with Crippen LogP contribution in [0.1, 0.15) is 42.5 Å². The van der Waals surface area contributed by atoms with Gasteiger partial charge >= 0.3 is 0 Å². The highest BCUT2D eigenvalue weighted by Gasteiger charge is 2.17. The lowest BCUT2D eigenvalue weighted by Crippen LogP contribution is -2.27. The van der Waals surface area contributed by atoms with Crippen LogP contribution in [-0.4, -0.2) is 52.5 Å². The van der Waals surface area contributed by atoms with Crippen LogP contribution in [0.4, 0.5) is 0 Å². The second kappa shape index (κ2) is 10.2. The van der Waals surface area contributed by atoms with Crippen LogP contribution >= 0.6 is 0 Å². The molecule has 6 aromatic rings. The summed E-state index contributed by atoms with van der Waals surface area (Å²) in [5, 5.41) is 0.466. The quantitative estimate of drug-likeness (QED) is 0.259. The molecule has 0 aromatic carbocycles. The molecule has 13 nitrogen and oxygen atoms in total. The van der Waals surface area contributed by atoms with Gasteiger partial charge < -0.3 is 4.57 Å². The molecule has 0 atom stereocenters. The van der Waals surface area contributed by atoms with Crippen LogP contribution in [-0.2, 0) is 20.1 Å². The number of nitrogens with zero attached hydrogens (tertiary/aromatic N) is 7. The monoisotopic (exact) mass is 561 g/mol. The standard InChI is InChI=1S/C29H19N7O6/c1-34-23-6-16(13-37)9-31-27(23)18(8-25(34)41)12-36-26(42)7-17(21-3-2-19(14-38)32-28(21)36)11-35-24(40)5-4-22-29(35)33-20(15-39)10-30-22/h2-10,13-15H,11-12H2,1H3. The van der Waals surface area contributed by atoms with Gasteiger partial charge in [-0.1, -0.05) is 0 Å². The summed E-state index contributed by atoms with van der Waals surface area (Å²) in [6.07, 6.45) is 4.35. The highest BCUT2D eigenvalue weighted by molar-refractivity contribution is 5.86. The number of rotatable bonds is 7. The van der Waals surface area contributed by atoms with Gasteiger partial charge in [-0.05, 0) is 29.8 Å². The minimum absolute atomic E-state index is 0.0366. The predicted octanol–water partition coefficient (Wildman–Crippen LogP) is 1.28. The number of hydrogen-bond donors (Lipinski definition) is 0. The van der Waals surface area contributed by atoms with Crippen LogP contribution in [0.5, 0.6) is 0 Å². The third-order valence-corrected chi connectivity index (χ3v) is 6.98. The number of carbonyl (C=O) groups is 3. The molecule has 0 saturated carbocycles. The van der Waals surface area contributed by atoms with E-state index < -0.39 is 11.1 Å². The fraction of sp³-hybridized carbons (Fsp3) is 0.103. The number of aromatic nitrogens is 7. The van der Waals surface area contributed by atoms with Gasteiger partial charge in [-0.25, -0.2) is 9.97 Å². The van der Waals surface area contributed by atoms with E-state index >= 15 is 0 Å². The summed E-state index contributed by atoms with van der Waals surface area (Å²) < 4.78 is 3.96. The molecule has 0 N–H and O–H groups in total. The molecular weight excluding hydrogens is 542 g/mol. The topological polar surface area (TPSA) is 169 Å². The zero-order valence-electron chi connectivity index (χ0n) is 21.9. The summed E-state index contributed by atoms with van der Waals surface area (Å²) in [4.78, 5) is 90.7. The summed E-state index contributed by atoms with van der Waals surface area (Å²) in [5.74, 6) is 0. The first-order valence-electron chi connectivity index (χ1n) is 12.6. The third kappa shape index (κ3) is 4.38. The zero-order valence-corrected chi connectivity index (χ0v) is 21.9. The van der Waals surface area contributed by atoms with Crippen LogP contribution in [0.2, 0.25) is 0 Å². The molecule has 13 heteroatoms. The van der Waals surface area contributed by atoms with Crippen LogP contribution in [0.15, 0.2) is 69.2 Å². The summed E-state index contributed by atoms with van der Waals surface area (Å²) >= 11 is 0. The van der Waals surface area contributed by atoms with E-state index in [0.717, 1.165) is 0 Å². The molecule has 0 aliphatic carbocycles. The first-order chi connectivity index (χ1) is 20.3. The Balaban J connectivity index is 1.56. The van der Waals surface area contributed by atoms with E-state index in [1.807, 2.05) is 0 Å². The van der Waals surface area contributed by atoms with Gasteiger partial charge in [-0.3, -0.25) is 47.9 Å². The molecule has 0 fully saturated rings. The Kier molecular flexibility index (Phi) is 6.38. The molecule has 0 unspecified atom stereocenters. The molecule has 0 spiro atoms. The van der Waals surface area contributed by atoms with Crippen molar-refractivity contribution < 1.29 is 14.4 Å². The second-order valence-electron chi connectivity index (χ2n) is 9.52. The molecule has 0 saturated heterocycles. The molecule has 0 radical (unpaired) electrons. The van der Waals surface area contributed by atoms with Gasteiger partial charge in [0.2, 0.25) is 0 Å². The molecule has 42 heavy (non-hydrogen) atoms. The Hall–Kier alpha value is -5.98. The fourth-order valence-corrected chi connectivity index (χ4v) is 4.88. The molecule has 0 amide bonds. The van der Waals surface area contributed by atoms with Crippen molar-refractivity contribution in [2.75, 3.05) is 0 Å². The Morgan fingerprint density at radius 2 is 1.40 bits per heavy atom. The molecule has 0 aliphatic heterocycles. The highest BCUT2D eigenvalue weighted by Crippen LogP contribution is 2.21. The van der Waals surface area contributed by atoms with Crippen molar-refractivity contribution in [3.05, 3.63) is 114 Å². The predicted molar refractivity (Wildman–Crippen MR) is 151 cm³/mol. The maximum atomic E-state index is 13.6. The number of hydrogen-bond acceptors (Lipinski definition) is 10. The maximum Gasteiger partial charge on any atom is 0.252 e. The van der Waals surface area contributed by atoms with Crippen LogP contribution in [0, 0.1) is 0 Å². The maximum absolute atomic E-state index is 13.6. The summed E-state index contributed by atoms with van der Waals surface area (Å²) in [6, 6.07) is 10.1. The summed E-state index contributed by atoms with van der Waals surface area (Å²) in [5.41, 5.74) is 1.39. The minimum Gasteiger partial charge on any atom is -0.310 e. The molecular formula is C29H19N7O6. The number of aldehydes is 3. The number of carbonyl (C=O) groups excluding carboxylic acids is 3. The third-order valence-electron chi connectivity index (χ3n) is 6.98. The van der Waals surface area contributed by atoms with Gasteiger partial charge in [0.25, 0.3) is 16.7 Å². The van der Waals surface area contributed by atoms with E-state index in [-0.39, 0.29) is 46.9 Å². The minimum atomic E-state index is -0.515. The van der Waals surface area contributed by atoms with Gasteiger partial charge in [0, 0.05) is 48.0 Å². The lowest BCUT2D eigenvalue weighted by atomic mass is 10.1. The normalized spacial score (nSPS) is 11.3. The Morgan fingerprint density at radius 1 is 0.690 bits per heavy atom. The van der Waals surface area contributed by atoms with E-state index in [1.165, 1.54) is 62.5 Å². The van der Waals surface area contributed by atoms with Crippen molar-refractivity contribution in [3.8, 4) is 0 Å².